The Balaban J connectivity index is 1.68. The Morgan fingerprint density at radius 2 is 0.857 bits per heavy atom. The summed E-state index contributed by atoms with van der Waals surface area (Å²) in [6.07, 6.45) is 32.7. The molecule has 2 nitrogen and oxygen atoms in total. The molecule has 0 saturated carbocycles. The van der Waals surface area contributed by atoms with Crippen LogP contribution in [0.5, 0.6) is 0 Å². The Morgan fingerprint density at radius 3 is 1.22 bits per heavy atom. The van der Waals surface area contributed by atoms with Crippen LogP contribution in [0.3, 0.4) is 0 Å². The summed E-state index contributed by atoms with van der Waals surface area (Å²) in [7, 11) is 0. The molecule has 0 spiro atoms. The normalized spacial score (nSPS) is 22.1. The highest BCUT2D eigenvalue weighted by atomic mass is 16.3. The molecule has 2 heteroatoms. The largest absolute Gasteiger partial charge is 0.508 e. The number of rotatable bonds is 22. The molecule has 2 aliphatic carbocycles. The number of hydrogen-bond donors (Lipinski definition) is 2. The summed E-state index contributed by atoms with van der Waals surface area (Å²) >= 11 is 0. The fourth-order valence-electron chi connectivity index (χ4n) is 8.64. The molecule has 0 amide bonds. The summed E-state index contributed by atoms with van der Waals surface area (Å²) < 4.78 is 0. The van der Waals surface area contributed by atoms with E-state index in [1.54, 1.807) is 0 Å². The first-order valence-electron chi connectivity index (χ1n) is 20.2. The van der Waals surface area contributed by atoms with Gasteiger partial charge in [-0.05, 0) is 77.4 Å². The van der Waals surface area contributed by atoms with Crippen molar-refractivity contribution >= 4 is 0 Å². The van der Waals surface area contributed by atoms with Crippen LogP contribution in [0, 0.1) is 10.8 Å². The lowest BCUT2D eigenvalue weighted by Gasteiger charge is -2.45. The number of allylic oxidation sites excluding steroid dienone is 6. The second-order valence-electron chi connectivity index (χ2n) is 15.7. The van der Waals surface area contributed by atoms with Crippen LogP contribution >= 0.6 is 0 Å². The molecule has 268 valence electrons. The van der Waals surface area contributed by atoms with E-state index in [9.17, 15) is 10.2 Å². The fourth-order valence-corrected chi connectivity index (χ4v) is 8.64. The summed E-state index contributed by atoms with van der Waals surface area (Å²) in [5.74, 6) is 1.18. The van der Waals surface area contributed by atoms with Crippen molar-refractivity contribution in [1.29, 1.82) is 0 Å². The number of benzene rings is 2. The molecule has 0 saturated heterocycles. The van der Waals surface area contributed by atoms with Gasteiger partial charge in [-0.3, -0.25) is 0 Å². The predicted molar refractivity (Wildman–Crippen MR) is 211 cm³/mol. The van der Waals surface area contributed by atoms with Gasteiger partial charge in [-0.1, -0.05) is 190 Å². The maximum Gasteiger partial charge on any atom is 0.115 e. The monoisotopic (exact) mass is 665 g/mol. The SMILES string of the molecule is CCCCCCCCCC1(CC2(CCCCCCCCC)C=C(C(C)c3ccccc3)C(O)=CC2)C=C(C(C)c2ccccc2)C(O)=CC1. The number of aliphatic hydroxyl groups is 2. The molecule has 4 atom stereocenters. The standard InChI is InChI=1S/C47H68O2/c1-5-7-9-11-13-15-23-31-46(33-29-44(48)42(35-46)38(3)40-25-19-17-20-26-40)37-47(32-24-16-14-12-10-8-6-2)34-30-45(49)43(36-47)39(4)41-27-21-18-22-28-41/h17-22,25-30,35-36,38-39,48-49H,5-16,23-24,31-34,37H2,1-4H3. The van der Waals surface area contributed by atoms with Crippen molar-refractivity contribution in [1.82, 2.24) is 0 Å². The molecule has 49 heavy (non-hydrogen) atoms. The van der Waals surface area contributed by atoms with Crippen LogP contribution in [0.1, 0.15) is 173 Å². The van der Waals surface area contributed by atoms with Crippen molar-refractivity contribution in [2.24, 2.45) is 10.8 Å². The highest BCUT2D eigenvalue weighted by Gasteiger charge is 2.42. The van der Waals surface area contributed by atoms with E-state index in [1.165, 1.54) is 101 Å². The lowest BCUT2D eigenvalue weighted by atomic mass is 9.60. The quantitative estimate of drug-likeness (QED) is 0.123. The van der Waals surface area contributed by atoms with Gasteiger partial charge < -0.3 is 10.2 Å². The summed E-state index contributed by atoms with van der Waals surface area (Å²) in [4.78, 5) is 0. The van der Waals surface area contributed by atoms with E-state index in [2.05, 4.69) is 113 Å². The first-order chi connectivity index (χ1) is 23.8. The van der Waals surface area contributed by atoms with Gasteiger partial charge in [-0.25, -0.2) is 0 Å². The predicted octanol–water partition coefficient (Wildman–Crippen LogP) is 14.8. The first-order valence-corrected chi connectivity index (χ1v) is 20.2. The van der Waals surface area contributed by atoms with E-state index in [0.717, 1.165) is 43.3 Å². The van der Waals surface area contributed by atoms with Crippen molar-refractivity contribution in [3.8, 4) is 0 Å². The van der Waals surface area contributed by atoms with Crippen molar-refractivity contribution < 1.29 is 10.2 Å². The van der Waals surface area contributed by atoms with Crippen molar-refractivity contribution in [2.75, 3.05) is 0 Å². The van der Waals surface area contributed by atoms with Gasteiger partial charge in [0.2, 0.25) is 0 Å². The van der Waals surface area contributed by atoms with Crippen LogP contribution in [-0.4, -0.2) is 10.2 Å². The summed E-state index contributed by atoms with van der Waals surface area (Å²) in [6.45, 7) is 9.09. The minimum Gasteiger partial charge on any atom is -0.508 e. The molecule has 2 aliphatic rings. The van der Waals surface area contributed by atoms with Gasteiger partial charge in [-0.15, -0.1) is 0 Å². The molecular formula is C47H68O2. The van der Waals surface area contributed by atoms with Crippen LogP contribution < -0.4 is 0 Å². The molecule has 2 N–H and O–H groups in total. The van der Waals surface area contributed by atoms with Crippen molar-refractivity contribution in [3.63, 3.8) is 0 Å². The van der Waals surface area contributed by atoms with E-state index in [4.69, 9.17) is 0 Å². The highest BCUT2D eigenvalue weighted by molar-refractivity contribution is 5.44. The average molecular weight is 665 g/mol. The van der Waals surface area contributed by atoms with Gasteiger partial charge in [0.25, 0.3) is 0 Å². The first kappa shape index (κ1) is 38.8. The molecule has 0 aliphatic heterocycles. The number of unbranched alkanes of at least 4 members (excludes halogenated alkanes) is 12. The van der Waals surface area contributed by atoms with Gasteiger partial charge >= 0.3 is 0 Å². The lowest BCUT2D eigenvalue weighted by molar-refractivity contribution is 0.173. The van der Waals surface area contributed by atoms with Crippen LogP contribution in [0.2, 0.25) is 0 Å². The minimum absolute atomic E-state index is 0.0342. The molecule has 4 unspecified atom stereocenters. The smallest absolute Gasteiger partial charge is 0.115 e. The zero-order chi connectivity index (χ0) is 35.0. The Hall–Kier alpha value is -3.00. The molecule has 0 radical (unpaired) electrons. The van der Waals surface area contributed by atoms with Crippen molar-refractivity contribution in [3.05, 3.63) is 119 Å². The summed E-state index contributed by atoms with van der Waals surface area (Å²) in [6, 6.07) is 21.4. The van der Waals surface area contributed by atoms with Crippen LogP contribution in [0.25, 0.3) is 0 Å². The molecule has 4 rings (SSSR count). The molecule has 2 aromatic rings. The van der Waals surface area contributed by atoms with E-state index in [-0.39, 0.29) is 22.7 Å². The van der Waals surface area contributed by atoms with E-state index < -0.39 is 0 Å². The van der Waals surface area contributed by atoms with E-state index in [0.29, 0.717) is 11.5 Å². The molecular weight excluding hydrogens is 597 g/mol. The zero-order valence-electron chi connectivity index (χ0n) is 31.6. The summed E-state index contributed by atoms with van der Waals surface area (Å²) in [5, 5.41) is 22.7. The van der Waals surface area contributed by atoms with E-state index in [1.807, 2.05) is 0 Å². The van der Waals surface area contributed by atoms with Crippen LogP contribution in [-0.2, 0) is 0 Å². The van der Waals surface area contributed by atoms with Gasteiger partial charge in [0, 0.05) is 11.8 Å². The number of aliphatic hydroxyl groups excluding tert-OH is 2. The maximum absolute atomic E-state index is 11.4. The van der Waals surface area contributed by atoms with Crippen molar-refractivity contribution in [2.45, 2.75) is 162 Å². The van der Waals surface area contributed by atoms with Crippen LogP contribution in [0.15, 0.2) is 108 Å². The Labute approximate surface area is 300 Å². The summed E-state index contributed by atoms with van der Waals surface area (Å²) in [5.41, 5.74) is 4.61. The third-order valence-electron chi connectivity index (χ3n) is 11.7. The lowest BCUT2D eigenvalue weighted by Crippen LogP contribution is -2.33. The van der Waals surface area contributed by atoms with Gasteiger partial charge in [0.1, 0.15) is 11.5 Å². The Morgan fingerprint density at radius 1 is 0.510 bits per heavy atom. The Bertz CT molecular complexity index is 1260. The third kappa shape index (κ3) is 11.5. The van der Waals surface area contributed by atoms with Gasteiger partial charge in [-0.2, -0.15) is 0 Å². The van der Waals surface area contributed by atoms with Crippen LogP contribution in [0.4, 0.5) is 0 Å². The fraction of sp³-hybridized carbons (Fsp3) is 0.574. The van der Waals surface area contributed by atoms with Gasteiger partial charge in [0.15, 0.2) is 0 Å². The maximum atomic E-state index is 11.4. The Kier molecular flexibility index (Phi) is 15.8. The molecule has 0 bridgehead atoms. The second kappa shape index (κ2) is 20.0. The molecule has 0 fully saturated rings. The molecule has 0 aromatic heterocycles. The highest BCUT2D eigenvalue weighted by Crippen LogP contribution is 2.54. The minimum atomic E-state index is -0.0342. The topological polar surface area (TPSA) is 40.5 Å². The molecule has 0 heterocycles. The number of hydrogen-bond acceptors (Lipinski definition) is 2. The zero-order valence-corrected chi connectivity index (χ0v) is 31.6. The molecule has 2 aromatic carbocycles. The van der Waals surface area contributed by atoms with E-state index >= 15 is 0 Å². The second-order valence-corrected chi connectivity index (χ2v) is 15.7. The average Bonchev–Trinajstić information content (AvgIpc) is 3.13. The third-order valence-corrected chi connectivity index (χ3v) is 11.7. The van der Waals surface area contributed by atoms with Gasteiger partial charge in [0.05, 0.1) is 0 Å².